The van der Waals surface area contributed by atoms with Gasteiger partial charge in [0.15, 0.2) is 0 Å². The lowest BCUT2D eigenvalue weighted by Gasteiger charge is -2.18. The third-order valence-electron chi connectivity index (χ3n) is 2.56. The van der Waals surface area contributed by atoms with E-state index in [-0.39, 0.29) is 17.0 Å². The van der Waals surface area contributed by atoms with Crippen LogP contribution in [-0.4, -0.2) is 25.0 Å². The van der Waals surface area contributed by atoms with Crippen molar-refractivity contribution in [3.8, 4) is 0 Å². The molecule has 0 heterocycles. The molecule has 6 nitrogen and oxygen atoms in total. The summed E-state index contributed by atoms with van der Waals surface area (Å²) in [6.07, 6.45) is 0. The predicted octanol–water partition coefficient (Wildman–Crippen LogP) is 1.71. The van der Waals surface area contributed by atoms with Crippen molar-refractivity contribution in [2.45, 2.75) is 24.3 Å². The highest BCUT2D eigenvalue weighted by atomic mass is 32.2. The van der Waals surface area contributed by atoms with Crippen molar-refractivity contribution in [3.05, 3.63) is 39.9 Å². The van der Waals surface area contributed by atoms with Gasteiger partial charge in [0.1, 0.15) is 4.75 Å². The van der Waals surface area contributed by atoms with E-state index in [0.717, 1.165) is 0 Å². The topological polar surface area (TPSA) is 97.5 Å². The second-order valence-corrected chi connectivity index (χ2v) is 6.19. The zero-order valence-corrected chi connectivity index (χ0v) is 10.8. The minimum Gasteiger partial charge on any atom is -0.480 e. The van der Waals surface area contributed by atoms with E-state index in [4.69, 9.17) is 5.11 Å². The molecule has 1 N–H and O–H groups in total. The number of hydrogen-bond acceptors (Lipinski definition) is 4. The first-order valence-corrected chi connectivity index (χ1v) is 6.43. The fourth-order valence-corrected chi connectivity index (χ4v) is 2.31. The number of nitro benzene ring substituents is 1. The molecule has 1 rings (SSSR count). The van der Waals surface area contributed by atoms with Gasteiger partial charge in [0.2, 0.25) is 0 Å². The molecule has 98 valence electrons. The van der Waals surface area contributed by atoms with Crippen LogP contribution in [0.1, 0.15) is 19.4 Å². The van der Waals surface area contributed by atoms with Gasteiger partial charge in [-0.2, -0.15) is 0 Å². The molecule has 7 heteroatoms. The highest BCUT2D eigenvalue weighted by Crippen LogP contribution is 2.23. The van der Waals surface area contributed by atoms with E-state index in [2.05, 4.69) is 0 Å². The summed E-state index contributed by atoms with van der Waals surface area (Å²) in [5, 5.41) is 19.7. The molecule has 0 amide bonds. The van der Waals surface area contributed by atoms with E-state index in [0.29, 0.717) is 0 Å². The quantitative estimate of drug-likeness (QED) is 0.649. The van der Waals surface area contributed by atoms with Crippen molar-refractivity contribution in [3.63, 3.8) is 0 Å². The van der Waals surface area contributed by atoms with Crippen LogP contribution < -0.4 is 0 Å². The number of carbonyl (C=O) groups is 1. The lowest BCUT2D eigenvalue weighted by atomic mass is 10.2. The number of hydrogen-bond donors (Lipinski definition) is 1. The molecule has 1 aromatic carbocycles. The number of carboxylic acids is 1. The van der Waals surface area contributed by atoms with Crippen LogP contribution in [0.5, 0.6) is 0 Å². The SMILES string of the molecule is CC(C)(C(=O)O)S(=O)Cc1ccccc1[N+](=O)[O-]. The van der Waals surface area contributed by atoms with Gasteiger partial charge in [-0.05, 0) is 13.8 Å². The fraction of sp³-hybridized carbons (Fsp3) is 0.364. The number of aliphatic carboxylic acids is 1. The molecular formula is C11H13NO5S. The third-order valence-corrected chi connectivity index (χ3v) is 4.45. The third kappa shape index (κ3) is 2.92. The Kier molecular flexibility index (Phi) is 4.18. The molecule has 0 spiro atoms. The van der Waals surface area contributed by atoms with Gasteiger partial charge < -0.3 is 5.11 Å². The zero-order chi connectivity index (χ0) is 13.9. The highest BCUT2D eigenvalue weighted by Gasteiger charge is 2.35. The minimum absolute atomic E-state index is 0.146. The molecule has 0 radical (unpaired) electrons. The molecule has 0 bridgehead atoms. The Morgan fingerprint density at radius 3 is 2.50 bits per heavy atom. The minimum atomic E-state index is -1.74. The molecule has 0 aromatic heterocycles. The van der Waals surface area contributed by atoms with Gasteiger partial charge >= 0.3 is 5.97 Å². The number of para-hydroxylation sites is 1. The van der Waals surface area contributed by atoms with E-state index in [1.807, 2.05) is 0 Å². The monoisotopic (exact) mass is 271 g/mol. The average Bonchev–Trinajstić information content (AvgIpc) is 2.29. The van der Waals surface area contributed by atoms with Gasteiger partial charge in [-0.1, -0.05) is 18.2 Å². The molecular weight excluding hydrogens is 258 g/mol. The van der Waals surface area contributed by atoms with Gasteiger partial charge in [0, 0.05) is 22.4 Å². The number of rotatable bonds is 5. The van der Waals surface area contributed by atoms with Crippen molar-refractivity contribution in [2.24, 2.45) is 0 Å². The molecule has 0 aliphatic carbocycles. The average molecular weight is 271 g/mol. The summed E-state index contributed by atoms with van der Waals surface area (Å²) in [4.78, 5) is 21.2. The van der Waals surface area contributed by atoms with Crippen LogP contribution in [0.3, 0.4) is 0 Å². The maximum absolute atomic E-state index is 12.0. The Morgan fingerprint density at radius 2 is 2.00 bits per heavy atom. The van der Waals surface area contributed by atoms with Crippen molar-refractivity contribution >= 4 is 22.5 Å². The van der Waals surface area contributed by atoms with Crippen LogP contribution in [0.4, 0.5) is 5.69 Å². The smallest absolute Gasteiger partial charge is 0.321 e. The van der Waals surface area contributed by atoms with E-state index >= 15 is 0 Å². The fourth-order valence-electron chi connectivity index (χ4n) is 1.23. The molecule has 0 aliphatic heterocycles. The summed E-state index contributed by atoms with van der Waals surface area (Å²) in [6.45, 7) is 2.67. The number of nitro groups is 1. The van der Waals surface area contributed by atoms with Crippen LogP contribution in [0, 0.1) is 10.1 Å². The van der Waals surface area contributed by atoms with Crippen LogP contribution in [0.25, 0.3) is 0 Å². The maximum Gasteiger partial charge on any atom is 0.321 e. The molecule has 0 saturated heterocycles. The van der Waals surface area contributed by atoms with E-state index in [9.17, 15) is 19.1 Å². The maximum atomic E-state index is 12.0. The normalized spacial score (nSPS) is 13.0. The molecule has 0 saturated carbocycles. The van der Waals surface area contributed by atoms with Crippen LogP contribution in [-0.2, 0) is 21.3 Å². The van der Waals surface area contributed by atoms with Crippen LogP contribution >= 0.6 is 0 Å². The second-order valence-electron chi connectivity index (χ2n) is 4.19. The van der Waals surface area contributed by atoms with Crippen molar-refractivity contribution in [2.75, 3.05) is 0 Å². The van der Waals surface area contributed by atoms with Crippen molar-refractivity contribution in [1.82, 2.24) is 0 Å². The van der Waals surface area contributed by atoms with E-state index in [1.165, 1.54) is 32.0 Å². The number of carboxylic acid groups (broad SMARTS) is 1. The molecule has 1 unspecified atom stereocenters. The van der Waals surface area contributed by atoms with E-state index in [1.54, 1.807) is 6.07 Å². The van der Waals surface area contributed by atoms with Crippen molar-refractivity contribution < 1.29 is 19.0 Å². The molecule has 18 heavy (non-hydrogen) atoms. The Bertz CT molecular complexity index is 512. The molecule has 1 aromatic rings. The summed E-state index contributed by atoms with van der Waals surface area (Å²) in [5.74, 6) is -1.35. The summed E-state index contributed by atoms with van der Waals surface area (Å²) >= 11 is 0. The summed E-state index contributed by atoms with van der Waals surface area (Å²) < 4.78 is 10.5. The number of benzene rings is 1. The summed E-state index contributed by atoms with van der Waals surface area (Å²) in [6, 6.07) is 5.88. The van der Waals surface area contributed by atoms with Gasteiger partial charge in [0.25, 0.3) is 5.69 Å². The lowest BCUT2D eigenvalue weighted by Crippen LogP contribution is -2.37. The Balaban J connectivity index is 3.03. The van der Waals surface area contributed by atoms with Crippen LogP contribution in [0.15, 0.2) is 24.3 Å². The predicted molar refractivity (Wildman–Crippen MR) is 66.7 cm³/mol. The lowest BCUT2D eigenvalue weighted by molar-refractivity contribution is -0.385. The van der Waals surface area contributed by atoms with Gasteiger partial charge in [0.05, 0.1) is 10.7 Å². The Morgan fingerprint density at radius 1 is 1.44 bits per heavy atom. The zero-order valence-electron chi connectivity index (χ0n) is 9.95. The largest absolute Gasteiger partial charge is 0.480 e. The first kappa shape index (κ1) is 14.3. The van der Waals surface area contributed by atoms with Gasteiger partial charge in [-0.25, -0.2) is 0 Å². The summed E-state index contributed by atoms with van der Waals surface area (Å²) in [7, 11) is -1.74. The Labute approximate surface area is 106 Å². The van der Waals surface area contributed by atoms with E-state index < -0.39 is 26.4 Å². The first-order chi connectivity index (χ1) is 8.26. The molecule has 0 aliphatic rings. The molecule has 1 atom stereocenters. The van der Waals surface area contributed by atoms with Crippen molar-refractivity contribution in [1.29, 1.82) is 0 Å². The van der Waals surface area contributed by atoms with Crippen LogP contribution in [0.2, 0.25) is 0 Å². The highest BCUT2D eigenvalue weighted by molar-refractivity contribution is 7.86. The molecule has 0 fully saturated rings. The Hall–Kier alpha value is -1.76. The standard InChI is InChI=1S/C11H13NO5S/c1-11(2,10(13)14)18(17)7-8-5-3-4-6-9(8)12(15)16/h3-6H,7H2,1-2H3,(H,13,14). The summed E-state index contributed by atoms with van der Waals surface area (Å²) in [5.41, 5.74) is 0.127. The second kappa shape index (κ2) is 5.26. The number of nitrogens with zero attached hydrogens (tertiary/aromatic N) is 1. The van der Waals surface area contributed by atoms with Gasteiger partial charge in [-0.3, -0.25) is 19.1 Å². The first-order valence-electron chi connectivity index (χ1n) is 5.11. The van der Waals surface area contributed by atoms with Gasteiger partial charge in [-0.15, -0.1) is 0 Å².